The summed E-state index contributed by atoms with van der Waals surface area (Å²) in [5, 5.41) is 3.80. The first-order valence-corrected chi connectivity index (χ1v) is 16.4. The second-order valence-corrected chi connectivity index (χ2v) is 13.8. The molecule has 1 saturated carbocycles. The minimum atomic E-state index is -4.20. The SMILES string of the molecule is CC(C(=O)NC1CCCCC1)N(Cc1cccc(Br)c1)C(=O)CN(c1cccc(Cl)c1)S(=O)(=O)c1ccc(Cl)cc1. The Hall–Kier alpha value is -2.59. The molecule has 0 saturated heterocycles. The van der Waals surface area contributed by atoms with Crippen LogP contribution in [0.4, 0.5) is 5.69 Å². The molecule has 1 aliphatic rings. The van der Waals surface area contributed by atoms with Gasteiger partial charge in [-0.25, -0.2) is 8.42 Å². The second-order valence-electron chi connectivity index (χ2n) is 10.1. The summed E-state index contributed by atoms with van der Waals surface area (Å²) in [5.74, 6) is -0.802. The first-order valence-electron chi connectivity index (χ1n) is 13.4. The lowest BCUT2D eigenvalue weighted by Crippen LogP contribution is -2.53. The average molecular weight is 681 g/mol. The van der Waals surface area contributed by atoms with Crippen molar-refractivity contribution in [2.24, 2.45) is 0 Å². The van der Waals surface area contributed by atoms with Crippen molar-refractivity contribution in [1.29, 1.82) is 0 Å². The van der Waals surface area contributed by atoms with Crippen LogP contribution in [0.15, 0.2) is 82.2 Å². The standard InChI is InChI=1S/C30H32BrCl2N3O4S/c1-21(30(38)34-26-10-3-2-4-11-26)35(19-22-7-5-8-23(31)17-22)29(37)20-36(27-12-6-9-25(33)18-27)41(39,40)28-15-13-24(32)14-16-28/h5-9,12-18,21,26H,2-4,10-11,19-20H2,1H3,(H,34,38). The summed E-state index contributed by atoms with van der Waals surface area (Å²) < 4.78 is 29.6. The van der Waals surface area contributed by atoms with Crippen molar-refractivity contribution in [3.63, 3.8) is 0 Å². The Bertz CT molecular complexity index is 1480. The molecule has 1 atom stereocenters. The predicted molar refractivity (Wildman–Crippen MR) is 167 cm³/mol. The molecule has 0 spiro atoms. The van der Waals surface area contributed by atoms with Gasteiger partial charge in [-0.1, -0.05) is 76.6 Å². The van der Waals surface area contributed by atoms with Crippen LogP contribution in [0.1, 0.15) is 44.6 Å². The van der Waals surface area contributed by atoms with Gasteiger partial charge in [-0.3, -0.25) is 13.9 Å². The number of nitrogens with zero attached hydrogens (tertiary/aromatic N) is 2. The average Bonchev–Trinajstić information content (AvgIpc) is 2.95. The summed E-state index contributed by atoms with van der Waals surface area (Å²) in [4.78, 5) is 28.8. The lowest BCUT2D eigenvalue weighted by atomic mass is 9.95. The summed E-state index contributed by atoms with van der Waals surface area (Å²) in [6.45, 7) is 1.24. The van der Waals surface area contributed by atoms with E-state index in [-0.39, 0.29) is 29.1 Å². The van der Waals surface area contributed by atoms with E-state index in [1.54, 1.807) is 25.1 Å². The number of anilines is 1. The number of halogens is 3. The maximum atomic E-state index is 14.0. The molecular weight excluding hydrogens is 649 g/mol. The van der Waals surface area contributed by atoms with Crippen molar-refractivity contribution in [3.05, 3.63) is 92.9 Å². The molecule has 1 unspecified atom stereocenters. The van der Waals surface area contributed by atoms with Crippen molar-refractivity contribution in [1.82, 2.24) is 10.2 Å². The van der Waals surface area contributed by atoms with E-state index in [1.807, 2.05) is 24.3 Å². The third kappa shape index (κ3) is 8.25. The highest BCUT2D eigenvalue weighted by Crippen LogP contribution is 2.28. The number of hydrogen-bond acceptors (Lipinski definition) is 4. The molecule has 1 fully saturated rings. The Morgan fingerprint density at radius 1 is 0.951 bits per heavy atom. The topological polar surface area (TPSA) is 86.8 Å². The fraction of sp³-hybridized carbons (Fsp3) is 0.333. The Labute approximate surface area is 260 Å². The van der Waals surface area contributed by atoms with Crippen LogP contribution in [0.25, 0.3) is 0 Å². The van der Waals surface area contributed by atoms with E-state index < -0.39 is 28.5 Å². The van der Waals surface area contributed by atoms with Crippen LogP contribution >= 0.6 is 39.1 Å². The van der Waals surface area contributed by atoms with Gasteiger partial charge in [0.15, 0.2) is 0 Å². The molecule has 0 aliphatic heterocycles. The van der Waals surface area contributed by atoms with Gasteiger partial charge in [0.1, 0.15) is 12.6 Å². The molecule has 11 heteroatoms. The monoisotopic (exact) mass is 679 g/mol. The lowest BCUT2D eigenvalue weighted by Gasteiger charge is -2.33. The Balaban J connectivity index is 1.68. The van der Waals surface area contributed by atoms with Crippen LogP contribution in [0, 0.1) is 0 Å². The minimum absolute atomic E-state index is 0.0312. The van der Waals surface area contributed by atoms with E-state index in [1.165, 1.54) is 35.2 Å². The molecule has 0 radical (unpaired) electrons. The third-order valence-electron chi connectivity index (χ3n) is 7.14. The molecule has 1 N–H and O–H groups in total. The number of amides is 2. The smallest absolute Gasteiger partial charge is 0.264 e. The van der Waals surface area contributed by atoms with Crippen molar-refractivity contribution in [2.45, 2.75) is 62.6 Å². The normalized spacial score (nSPS) is 14.7. The van der Waals surface area contributed by atoms with Crippen molar-refractivity contribution >= 4 is 66.7 Å². The fourth-order valence-electron chi connectivity index (χ4n) is 4.88. The number of carbonyl (C=O) groups is 2. The van der Waals surface area contributed by atoms with Gasteiger partial charge in [-0.2, -0.15) is 0 Å². The predicted octanol–water partition coefficient (Wildman–Crippen LogP) is 6.82. The summed E-state index contributed by atoms with van der Waals surface area (Å²) in [5.41, 5.74) is 1.02. The summed E-state index contributed by atoms with van der Waals surface area (Å²) in [7, 11) is -4.20. The van der Waals surface area contributed by atoms with Gasteiger partial charge in [0.2, 0.25) is 11.8 Å². The molecule has 0 bridgehead atoms. The van der Waals surface area contributed by atoms with Crippen LogP contribution in [0.5, 0.6) is 0 Å². The molecule has 0 aromatic heterocycles. The second kappa shape index (κ2) is 14.1. The number of carbonyl (C=O) groups excluding carboxylic acids is 2. The van der Waals surface area contributed by atoms with Crippen LogP contribution in [0.2, 0.25) is 10.0 Å². The highest BCUT2D eigenvalue weighted by atomic mass is 79.9. The number of benzene rings is 3. The van der Waals surface area contributed by atoms with E-state index in [0.29, 0.717) is 10.0 Å². The maximum absolute atomic E-state index is 14.0. The van der Waals surface area contributed by atoms with Crippen molar-refractivity contribution < 1.29 is 18.0 Å². The first kappa shape index (κ1) is 31.3. The molecule has 2 amide bonds. The number of rotatable bonds is 10. The zero-order chi connectivity index (χ0) is 29.6. The Kier molecular flexibility index (Phi) is 10.7. The van der Waals surface area contributed by atoms with E-state index in [4.69, 9.17) is 23.2 Å². The Morgan fingerprint density at radius 3 is 2.29 bits per heavy atom. The quantitative estimate of drug-likeness (QED) is 0.255. The Morgan fingerprint density at radius 2 is 1.63 bits per heavy atom. The number of sulfonamides is 1. The molecule has 7 nitrogen and oxygen atoms in total. The first-order chi connectivity index (χ1) is 19.5. The summed E-state index contributed by atoms with van der Waals surface area (Å²) in [6.07, 6.45) is 5.06. The maximum Gasteiger partial charge on any atom is 0.264 e. The van der Waals surface area contributed by atoms with Gasteiger partial charge >= 0.3 is 0 Å². The van der Waals surface area contributed by atoms with Crippen LogP contribution in [0.3, 0.4) is 0 Å². The van der Waals surface area contributed by atoms with E-state index in [0.717, 1.165) is 46.4 Å². The van der Waals surface area contributed by atoms with E-state index in [2.05, 4.69) is 21.2 Å². The van der Waals surface area contributed by atoms with Gasteiger partial charge in [0.05, 0.1) is 10.6 Å². The molecule has 0 heterocycles. The van der Waals surface area contributed by atoms with Gasteiger partial charge in [-0.15, -0.1) is 0 Å². The highest BCUT2D eigenvalue weighted by molar-refractivity contribution is 9.10. The summed E-state index contributed by atoms with van der Waals surface area (Å²) in [6, 6.07) is 18.7. The molecular formula is C30H32BrCl2N3O4S. The van der Waals surface area contributed by atoms with Gasteiger partial charge in [-0.05, 0) is 79.9 Å². The summed E-state index contributed by atoms with van der Waals surface area (Å²) >= 11 is 15.7. The van der Waals surface area contributed by atoms with Crippen LogP contribution < -0.4 is 9.62 Å². The fourth-order valence-corrected chi connectivity index (χ4v) is 7.04. The van der Waals surface area contributed by atoms with E-state index in [9.17, 15) is 18.0 Å². The van der Waals surface area contributed by atoms with Crippen molar-refractivity contribution in [3.8, 4) is 0 Å². The minimum Gasteiger partial charge on any atom is -0.352 e. The molecule has 3 aromatic rings. The highest BCUT2D eigenvalue weighted by Gasteiger charge is 2.33. The largest absolute Gasteiger partial charge is 0.352 e. The lowest BCUT2D eigenvalue weighted by molar-refractivity contribution is -0.139. The van der Waals surface area contributed by atoms with Crippen molar-refractivity contribution in [2.75, 3.05) is 10.8 Å². The number of nitrogens with one attached hydrogen (secondary N) is 1. The molecule has 41 heavy (non-hydrogen) atoms. The van der Waals surface area contributed by atoms with Gasteiger partial charge < -0.3 is 10.2 Å². The zero-order valence-corrected chi connectivity index (χ0v) is 26.5. The van der Waals surface area contributed by atoms with Gasteiger partial charge in [0, 0.05) is 27.1 Å². The molecule has 4 rings (SSSR count). The molecule has 1 aliphatic carbocycles. The van der Waals surface area contributed by atoms with E-state index >= 15 is 0 Å². The zero-order valence-electron chi connectivity index (χ0n) is 22.6. The van der Waals surface area contributed by atoms with Crippen LogP contribution in [-0.2, 0) is 26.2 Å². The van der Waals surface area contributed by atoms with Crippen LogP contribution in [-0.4, -0.2) is 43.8 Å². The molecule has 218 valence electrons. The van der Waals surface area contributed by atoms with Gasteiger partial charge in [0.25, 0.3) is 10.0 Å². The molecule has 3 aromatic carbocycles. The third-order valence-corrected chi connectivity index (χ3v) is 9.91. The number of hydrogen-bond donors (Lipinski definition) is 1.